The summed E-state index contributed by atoms with van der Waals surface area (Å²) in [5.74, 6) is 0.896. The molecule has 0 amide bonds. The largest absolute Gasteiger partial charge is 0.456 e. The van der Waals surface area contributed by atoms with Crippen molar-refractivity contribution in [2.75, 3.05) is 0 Å². The van der Waals surface area contributed by atoms with Crippen LogP contribution in [0.1, 0.15) is 29.7 Å². The highest BCUT2D eigenvalue weighted by Crippen LogP contribution is 2.43. The maximum absolute atomic E-state index is 6.83. The first-order valence-corrected chi connectivity index (χ1v) is 20.3. The van der Waals surface area contributed by atoms with Gasteiger partial charge in [-0.15, -0.1) is 0 Å². The average Bonchev–Trinajstić information content (AvgIpc) is 3.97. The van der Waals surface area contributed by atoms with E-state index in [4.69, 9.17) is 24.6 Å². The molecule has 3 aromatic heterocycles. The lowest BCUT2D eigenvalue weighted by Crippen LogP contribution is -2.16. The molecule has 2 N–H and O–H groups in total. The third-order valence-corrected chi connectivity index (χ3v) is 12.0. The Hall–Kier alpha value is -7.96. The van der Waals surface area contributed by atoms with E-state index in [1.165, 1.54) is 21.5 Å². The van der Waals surface area contributed by atoms with Crippen molar-refractivity contribution < 1.29 is 8.83 Å². The minimum absolute atomic E-state index is 0.335. The van der Waals surface area contributed by atoms with Crippen molar-refractivity contribution in [1.82, 2.24) is 4.57 Å². The fraction of sp³-hybridized carbons (Fsp3) is 0.0370. The number of amidine groups is 2. The fourth-order valence-electron chi connectivity index (χ4n) is 9.18. The number of furan rings is 2. The van der Waals surface area contributed by atoms with Gasteiger partial charge in [0, 0.05) is 54.2 Å². The number of hydrogen-bond acceptors (Lipinski definition) is 3. The molecule has 12 aromatic rings. The number of rotatable bonds is 5. The van der Waals surface area contributed by atoms with Crippen molar-refractivity contribution in [3.63, 3.8) is 0 Å². The van der Waals surface area contributed by atoms with Crippen LogP contribution in [0.4, 0.5) is 0 Å². The molecule has 6 heteroatoms. The Morgan fingerprint density at radius 2 is 1.18 bits per heavy atom. The quantitative estimate of drug-likeness (QED) is 0.140. The Morgan fingerprint density at radius 3 is 2.03 bits per heavy atom. The maximum atomic E-state index is 6.83. The van der Waals surface area contributed by atoms with Crippen LogP contribution in [0, 0.1) is 0 Å². The van der Waals surface area contributed by atoms with Gasteiger partial charge < -0.3 is 19.1 Å². The molecule has 3 heterocycles. The van der Waals surface area contributed by atoms with Gasteiger partial charge in [-0.1, -0.05) is 133 Å². The zero-order chi connectivity index (χ0) is 39.9. The maximum Gasteiger partial charge on any atom is 0.157 e. The summed E-state index contributed by atoms with van der Waals surface area (Å²) < 4.78 is 15.6. The third kappa shape index (κ3) is 5.28. The first-order chi connectivity index (χ1) is 29.6. The number of nitrogens with zero attached hydrogens (tertiary/aromatic N) is 3. The molecule has 0 radical (unpaired) electrons. The summed E-state index contributed by atoms with van der Waals surface area (Å²) in [6.07, 6.45) is 0. The molecule has 6 nitrogen and oxygen atoms in total. The summed E-state index contributed by atoms with van der Waals surface area (Å²) in [6.45, 7) is 2.11. The van der Waals surface area contributed by atoms with Crippen LogP contribution in [0.5, 0.6) is 0 Å². The Morgan fingerprint density at radius 1 is 0.500 bits per heavy atom. The smallest absolute Gasteiger partial charge is 0.157 e. The Balaban J connectivity index is 1.09. The molecule has 9 aromatic carbocycles. The lowest BCUT2D eigenvalue weighted by atomic mass is 9.98. The second-order valence-corrected chi connectivity index (χ2v) is 15.5. The number of aliphatic imine (C=N–C) groups is 2. The van der Waals surface area contributed by atoms with E-state index in [1.54, 1.807) is 0 Å². The van der Waals surface area contributed by atoms with Crippen LogP contribution in [-0.2, 0) is 0 Å². The number of benzene rings is 9. The van der Waals surface area contributed by atoms with Gasteiger partial charge in [0.05, 0.1) is 22.8 Å². The summed E-state index contributed by atoms with van der Waals surface area (Å²) >= 11 is 0. The lowest BCUT2D eigenvalue weighted by molar-refractivity contribution is 0.669. The van der Waals surface area contributed by atoms with Gasteiger partial charge in [0.2, 0.25) is 0 Å². The normalized spacial score (nSPS) is 13.3. The van der Waals surface area contributed by atoms with Gasteiger partial charge in [0.25, 0.3) is 0 Å². The molecule has 0 aliphatic heterocycles. The molecular weight excluding hydrogens is 737 g/mol. The minimum Gasteiger partial charge on any atom is -0.456 e. The second kappa shape index (κ2) is 13.3. The van der Waals surface area contributed by atoms with Gasteiger partial charge in [0.15, 0.2) is 5.84 Å². The van der Waals surface area contributed by atoms with Crippen LogP contribution < -0.4 is 5.73 Å². The highest BCUT2D eigenvalue weighted by molar-refractivity contribution is 6.21. The van der Waals surface area contributed by atoms with E-state index in [-0.39, 0.29) is 6.04 Å². The van der Waals surface area contributed by atoms with Crippen molar-refractivity contribution in [2.24, 2.45) is 15.7 Å². The number of hydrogen-bond donors (Lipinski definition) is 1. The molecule has 0 fully saturated rings. The average molecular weight is 773 g/mol. The number of fused-ring (bicyclic) bond motifs is 12. The van der Waals surface area contributed by atoms with Crippen LogP contribution in [0.25, 0.3) is 92.9 Å². The number of aromatic nitrogens is 1. The predicted octanol–water partition coefficient (Wildman–Crippen LogP) is 13.8. The molecular formula is C54H36N4O2. The zero-order valence-electron chi connectivity index (χ0n) is 32.6. The molecule has 0 spiro atoms. The summed E-state index contributed by atoms with van der Waals surface area (Å²) in [5, 5.41) is 11.2. The topological polar surface area (TPSA) is 81.9 Å². The van der Waals surface area contributed by atoms with Gasteiger partial charge in [-0.3, -0.25) is 4.99 Å². The van der Waals surface area contributed by atoms with Gasteiger partial charge in [0.1, 0.15) is 28.2 Å². The molecule has 0 saturated heterocycles. The molecule has 0 aliphatic rings. The van der Waals surface area contributed by atoms with E-state index in [0.29, 0.717) is 11.7 Å². The monoisotopic (exact) mass is 772 g/mol. The van der Waals surface area contributed by atoms with Crippen LogP contribution in [0.2, 0.25) is 0 Å². The van der Waals surface area contributed by atoms with E-state index in [0.717, 1.165) is 88.1 Å². The summed E-state index contributed by atoms with van der Waals surface area (Å²) in [5.41, 5.74) is 16.0. The molecule has 1 atom stereocenters. The molecule has 0 aliphatic carbocycles. The molecule has 1 unspecified atom stereocenters. The van der Waals surface area contributed by atoms with E-state index in [1.807, 2.05) is 54.6 Å². The van der Waals surface area contributed by atoms with E-state index < -0.39 is 0 Å². The highest BCUT2D eigenvalue weighted by atomic mass is 16.3. The van der Waals surface area contributed by atoms with Gasteiger partial charge >= 0.3 is 0 Å². The second-order valence-electron chi connectivity index (χ2n) is 15.5. The van der Waals surface area contributed by atoms with Crippen molar-refractivity contribution in [1.29, 1.82) is 0 Å². The van der Waals surface area contributed by atoms with Crippen LogP contribution >= 0.6 is 0 Å². The molecule has 284 valence electrons. The van der Waals surface area contributed by atoms with Crippen LogP contribution in [0.15, 0.2) is 201 Å². The van der Waals surface area contributed by atoms with Crippen LogP contribution in [-0.4, -0.2) is 16.2 Å². The van der Waals surface area contributed by atoms with Gasteiger partial charge in [-0.2, -0.15) is 0 Å². The summed E-state index contributed by atoms with van der Waals surface area (Å²) in [6, 6.07) is 62.8. The molecule has 60 heavy (non-hydrogen) atoms. The summed E-state index contributed by atoms with van der Waals surface area (Å²) in [7, 11) is 0. The lowest BCUT2D eigenvalue weighted by Gasteiger charge is -2.14. The first-order valence-electron chi connectivity index (χ1n) is 20.3. The number of para-hydroxylation sites is 2. The van der Waals surface area contributed by atoms with Crippen molar-refractivity contribution in [3.8, 4) is 5.69 Å². The first kappa shape index (κ1) is 34.1. The van der Waals surface area contributed by atoms with Crippen LogP contribution in [0.3, 0.4) is 0 Å². The van der Waals surface area contributed by atoms with E-state index >= 15 is 0 Å². The predicted molar refractivity (Wildman–Crippen MR) is 249 cm³/mol. The van der Waals surface area contributed by atoms with E-state index in [2.05, 4.69) is 139 Å². The summed E-state index contributed by atoms with van der Waals surface area (Å²) in [4.78, 5) is 10.4. The third-order valence-electron chi connectivity index (χ3n) is 12.0. The molecule has 0 bridgehead atoms. The molecule has 0 saturated carbocycles. The fourth-order valence-corrected chi connectivity index (χ4v) is 9.18. The molecule has 12 rings (SSSR count). The highest BCUT2D eigenvalue weighted by Gasteiger charge is 2.22. The SMILES string of the molecule is CC(/N=C(\N=C(/N)c1ccccc1)c1ccc2c(c1)oc1ccccc12)c1cccc2oc3c4ccccc4c(-n4c5ccccc5c5cc6ccccc6cc54)cc3c12. The Labute approximate surface area is 344 Å². The minimum atomic E-state index is -0.335. The van der Waals surface area contributed by atoms with Gasteiger partial charge in [-0.05, 0) is 71.8 Å². The zero-order valence-corrected chi connectivity index (χ0v) is 32.6. The van der Waals surface area contributed by atoms with Crippen molar-refractivity contribution in [3.05, 3.63) is 199 Å². The Bertz CT molecular complexity index is 3750. The van der Waals surface area contributed by atoms with E-state index in [9.17, 15) is 0 Å². The standard InChI is InChI=1S/C54H36N4O2/c1-32(56-54(57-53(55)33-14-3-2-4-15-33)36-26-27-41-40-20-10-12-24-48(40)59-50(41)30-36)37-22-13-25-49-51(37)44-31-47(38-18-7-8-21-42(38)52(44)60-49)58-45-23-11-9-19-39(45)43-28-34-16-5-6-17-35(34)29-46(43)58/h2-32H,1H3,(H2,55,56,57). The number of nitrogens with two attached hydrogens (primary N) is 1. The Kier molecular flexibility index (Phi) is 7.56. The van der Waals surface area contributed by atoms with Crippen molar-refractivity contribution >= 4 is 98.9 Å². The van der Waals surface area contributed by atoms with Gasteiger partial charge in [-0.25, -0.2) is 4.99 Å². The van der Waals surface area contributed by atoms with Crippen molar-refractivity contribution in [2.45, 2.75) is 13.0 Å².